The number of Topliss-reactive ketones (excluding diaryl/α,β-unsaturated/α-hetero) is 1. The molecule has 0 bridgehead atoms. The third-order valence-corrected chi connectivity index (χ3v) is 4.81. The fraction of sp³-hybridized carbons (Fsp3) is 0.773. The highest BCUT2D eigenvalue weighted by Gasteiger charge is 2.18. The molecule has 164 valence electrons. The number of carboxylic acid groups (broad SMARTS) is 2. The maximum atomic E-state index is 11.7. The average molecular weight is 400 g/mol. The van der Waals surface area contributed by atoms with Crippen LogP contribution in [-0.4, -0.2) is 27.9 Å². The van der Waals surface area contributed by atoms with Crippen molar-refractivity contribution in [1.82, 2.24) is 6.15 Å². The summed E-state index contributed by atoms with van der Waals surface area (Å²) in [6, 6.07) is 0. The maximum absolute atomic E-state index is 11.7. The van der Waals surface area contributed by atoms with Crippen LogP contribution in [0.1, 0.15) is 110 Å². The van der Waals surface area contributed by atoms with E-state index in [4.69, 9.17) is 10.2 Å². The number of hydrogen-bond acceptors (Lipinski definition) is 4. The van der Waals surface area contributed by atoms with E-state index in [1.165, 1.54) is 70.6 Å². The third-order valence-electron chi connectivity index (χ3n) is 4.81. The summed E-state index contributed by atoms with van der Waals surface area (Å²) >= 11 is 0. The highest BCUT2D eigenvalue weighted by Crippen LogP contribution is 2.14. The van der Waals surface area contributed by atoms with Crippen molar-refractivity contribution in [2.24, 2.45) is 0 Å². The van der Waals surface area contributed by atoms with Gasteiger partial charge >= 0.3 is 11.9 Å². The molecule has 5 N–H and O–H groups in total. The van der Waals surface area contributed by atoms with Crippen molar-refractivity contribution in [3.63, 3.8) is 0 Å². The lowest BCUT2D eigenvalue weighted by molar-refractivity contribution is -0.137. The van der Waals surface area contributed by atoms with Crippen molar-refractivity contribution >= 4 is 17.7 Å². The standard InChI is InChI=1S/C22H38O5.H3N/c1-2-3-4-5-6-7-8-9-10-11-12-13-14-15-16-17-20(23)19(22(26)27)18-21(24)25;/h18H,2-17H2,1H3,(H,24,25)(H,26,27);1H3/b19-18+;. The first-order chi connectivity index (χ1) is 13.0. The Labute approximate surface area is 170 Å². The summed E-state index contributed by atoms with van der Waals surface area (Å²) in [5, 5.41) is 17.5. The van der Waals surface area contributed by atoms with Crippen LogP contribution in [0.3, 0.4) is 0 Å². The van der Waals surface area contributed by atoms with Gasteiger partial charge in [-0.15, -0.1) is 0 Å². The summed E-state index contributed by atoms with van der Waals surface area (Å²) in [5.41, 5.74) is -0.632. The number of carbonyl (C=O) groups excluding carboxylic acids is 1. The van der Waals surface area contributed by atoms with Gasteiger partial charge in [0, 0.05) is 12.5 Å². The molecule has 0 fully saturated rings. The molecule has 0 saturated heterocycles. The van der Waals surface area contributed by atoms with Crippen LogP contribution in [0.5, 0.6) is 0 Å². The summed E-state index contributed by atoms with van der Waals surface area (Å²) < 4.78 is 0. The van der Waals surface area contributed by atoms with E-state index in [0.29, 0.717) is 12.5 Å². The second-order valence-electron chi connectivity index (χ2n) is 7.32. The first kappa shape index (κ1) is 28.5. The van der Waals surface area contributed by atoms with Crippen LogP contribution in [0.4, 0.5) is 0 Å². The number of rotatable bonds is 19. The van der Waals surface area contributed by atoms with Gasteiger partial charge in [0.1, 0.15) is 5.57 Å². The monoisotopic (exact) mass is 399 g/mol. The summed E-state index contributed by atoms with van der Waals surface area (Å²) in [7, 11) is 0. The minimum Gasteiger partial charge on any atom is -0.478 e. The van der Waals surface area contributed by atoms with Crippen LogP contribution >= 0.6 is 0 Å². The van der Waals surface area contributed by atoms with Crippen molar-refractivity contribution in [1.29, 1.82) is 0 Å². The van der Waals surface area contributed by atoms with Gasteiger partial charge in [-0.2, -0.15) is 0 Å². The number of carboxylic acids is 2. The third kappa shape index (κ3) is 17.7. The molecule has 0 amide bonds. The van der Waals surface area contributed by atoms with Gasteiger partial charge in [-0.3, -0.25) is 4.79 Å². The minimum atomic E-state index is -1.47. The lowest BCUT2D eigenvalue weighted by atomic mass is 10.0. The Bertz CT molecular complexity index is 460. The Balaban J connectivity index is 0. The Kier molecular flexibility index (Phi) is 20.4. The van der Waals surface area contributed by atoms with Crippen molar-refractivity contribution in [3.8, 4) is 0 Å². The van der Waals surface area contributed by atoms with E-state index in [0.717, 1.165) is 19.3 Å². The Morgan fingerprint density at radius 2 is 1.00 bits per heavy atom. The van der Waals surface area contributed by atoms with Gasteiger partial charge in [0.15, 0.2) is 5.78 Å². The van der Waals surface area contributed by atoms with Crippen LogP contribution in [-0.2, 0) is 14.4 Å². The second kappa shape index (κ2) is 20.1. The summed E-state index contributed by atoms with van der Waals surface area (Å²) in [6.45, 7) is 2.24. The molecule has 0 aromatic heterocycles. The van der Waals surface area contributed by atoms with Gasteiger partial charge in [-0.1, -0.05) is 96.8 Å². The van der Waals surface area contributed by atoms with Crippen LogP contribution in [0, 0.1) is 0 Å². The van der Waals surface area contributed by atoms with Crippen LogP contribution in [0.15, 0.2) is 11.6 Å². The van der Waals surface area contributed by atoms with E-state index in [1.54, 1.807) is 0 Å². The quantitative estimate of drug-likeness (QED) is 0.105. The molecule has 0 atom stereocenters. The molecule has 0 aliphatic carbocycles. The molecule has 0 aromatic carbocycles. The van der Waals surface area contributed by atoms with E-state index in [-0.39, 0.29) is 12.6 Å². The SMILES string of the molecule is CCCCCCCCCCCCCCCCCC(=O)/C(=C\C(=O)O)C(=O)O.N. The summed E-state index contributed by atoms with van der Waals surface area (Å²) in [4.78, 5) is 33.2. The largest absolute Gasteiger partial charge is 0.478 e. The molecule has 0 rings (SSSR count). The maximum Gasteiger partial charge on any atom is 0.339 e. The molecule has 0 heterocycles. The van der Waals surface area contributed by atoms with Gasteiger partial charge < -0.3 is 16.4 Å². The molecular weight excluding hydrogens is 358 g/mol. The van der Waals surface area contributed by atoms with Crippen LogP contribution in [0.25, 0.3) is 0 Å². The Hall–Kier alpha value is -1.69. The molecule has 0 saturated carbocycles. The van der Waals surface area contributed by atoms with Crippen molar-refractivity contribution < 1.29 is 24.6 Å². The summed E-state index contributed by atoms with van der Waals surface area (Å²) in [6.07, 6.45) is 18.9. The molecular formula is C22H41NO5. The fourth-order valence-electron chi connectivity index (χ4n) is 3.18. The molecule has 28 heavy (non-hydrogen) atoms. The normalized spacial score (nSPS) is 11.1. The molecule has 0 spiro atoms. The van der Waals surface area contributed by atoms with E-state index in [1.807, 2.05) is 0 Å². The van der Waals surface area contributed by atoms with Gasteiger partial charge in [0.2, 0.25) is 0 Å². The van der Waals surface area contributed by atoms with Crippen molar-refractivity contribution in [3.05, 3.63) is 11.6 Å². The van der Waals surface area contributed by atoms with Crippen LogP contribution in [0.2, 0.25) is 0 Å². The number of aliphatic carboxylic acids is 2. The zero-order chi connectivity index (χ0) is 20.3. The number of ketones is 1. The van der Waals surface area contributed by atoms with E-state index >= 15 is 0 Å². The molecule has 0 aliphatic rings. The van der Waals surface area contributed by atoms with E-state index in [2.05, 4.69) is 6.92 Å². The van der Waals surface area contributed by atoms with Crippen LogP contribution < -0.4 is 6.15 Å². The minimum absolute atomic E-state index is 0. The predicted molar refractivity (Wildman–Crippen MR) is 113 cm³/mol. The van der Waals surface area contributed by atoms with E-state index < -0.39 is 23.3 Å². The second-order valence-corrected chi connectivity index (χ2v) is 7.32. The molecule has 6 nitrogen and oxygen atoms in total. The number of carbonyl (C=O) groups is 3. The first-order valence-electron chi connectivity index (χ1n) is 10.7. The fourth-order valence-corrected chi connectivity index (χ4v) is 3.18. The molecule has 0 aromatic rings. The van der Waals surface area contributed by atoms with Gasteiger partial charge in [0.25, 0.3) is 0 Å². The van der Waals surface area contributed by atoms with Crippen molar-refractivity contribution in [2.75, 3.05) is 0 Å². The first-order valence-corrected chi connectivity index (χ1v) is 10.7. The highest BCUT2D eigenvalue weighted by atomic mass is 16.4. The topological polar surface area (TPSA) is 127 Å². The smallest absolute Gasteiger partial charge is 0.339 e. The highest BCUT2D eigenvalue weighted by molar-refractivity contribution is 6.19. The molecule has 6 heteroatoms. The Morgan fingerprint density at radius 3 is 1.32 bits per heavy atom. The molecule has 0 radical (unpaired) electrons. The van der Waals surface area contributed by atoms with Gasteiger partial charge in [-0.05, 0) is 6.42 Å². The summed E-state index contributed by atoms with van der Waals surface area (Å²) in [5.74, 6) is -3.47. The zero-order valence-electron chi connectivity index (χ0n) is 17.7. The number of hydrogen-bond donors (Lipinski definition) is 3. The average Bonchev–Trinajstić information content (AvgIpc) is 2.62. The lowest BCUT2D eigenvalue weighted by Crippen LogP contribution is -2.14. The zero-order valence-corrected chi connectivity index (χ0v) is 17.7. The predicted octanol–water partition coefficient (Wildman–Crippen LogP) is 6.07. The lowest BCUT2D eigenvalue weighted by Gasteiger charge is -2.04. The molecule has 0 unspecified atom stereocenters. The van der Waals surface area contributed by atoms with Crippen molar-refractivity contribution in [2.45, 2.75) is 110 Å². The number of unbranched alkanes of at least 4 members (excludes halogenated alkanes) is 14. The van der Waals surface area contributed by atoms with Gasteiger partial charge in [-0.25, -0.2) is 9.59 Å². The van der Waals surface area contributed by atoms with E-state index in [9.17, 15) is 14.4 Å². The molecule has 0 aliphatic heterocycles. The van der Waals surface area contributed by atoms with Gasteiger partial charge in [0.05, 0.1) is 0 Å². The Morgan fingerprint density at radius 1 is 0.643 bits per heavy atom.